The van der Waals surface area contributed by atoms with Crippen LogP contribution in [-0.2, 0) is 18.9 Å². The van der Waals surface area contributed by atoms with Gasteiger partial charge in [-0.25, -0.2) is 8.78 Å². The Hall–Kier alpha value is -3.84. The molecule has 6 nitrogen and oxygen atoms in total. The summed E-state index contributed by atoms with van der Waals surface area (Å²) in [5.41, 5.74) is 7.79. The van der Waals surface area contributed by atoms with E-state index in [2.05, 4.69) is 10.1 Å². The fraction of sp³-hybridized carbons (Fsp3) is 0.200. The zero-order valence-electron chi connectivity index (χ0n) is 16.7. The average molecular weight is 491 g/mol. The molecule has 0 aliphatic heterocycles. The predicted octanol–water partition coefficient (Wildman–Crippen LogP) is 5.88. The van der Waals surface area contributed by atoms with Crippen molar-refractivity contribution in [3.8, 4) is 11.5 Å². The molecule has 0 aliphatic carbocycles. The smallest absolute Gasteiger partial charge is 0.397 e. The lowest BCUT2D eigenvalue weighted by atomic mass is 10.0. The van der Waals surface area contributed by atoms with Crippen molar-refractivity contribution < 1.29 is 39.6 Å². The van der Waals surface area contributed by atoms with Gasteiger partial charge < -0.3 is 20.6 Å². The quantitative estimate of drug-likeness (QED) is 0.275. The molecule has 4 N–H and O–H groups in total. The number of nitrogen functional groups attached to an aromatic ring is 2. The van der Waals surface area contributed by atoms with Crippen LogP contribution < -0.4 is 11.5 Å². The predicted molar refractivity (Wildman–Crippen MR) is 105 cm³/mol. The van der Waals surface area contributed by atoms with Crippen molar-refractivity contribution in [1.82, 2.24) is 14.7 Å². The third-order valence-corrected chi connectivity index (χ3v) is 5.02. The number of fused-ring (bicyclic) bond motifs is 1. The second-order valence-corrected chi connectivity index (χ2v) is 7.27. The number of benzene rings is 2. The topological polar surface area (TPSA) is 95.9 Å². The van der Waals surface area contributed by atoms with Gasteiger partial charge >= 0.3 is 12.4 Å². The first-order valence-corrected chi connectivity index (χ1v) is 9.33. The van der Waals surface area contributed by atoms with Gasteiger partial charge in [-0.1, -0.05) is 5.16 Å². The molecule has 0 bridgehead atoms. The van der Waals surface area contributed by atoms with Crippen molar-refractivity contribution in [1.29, 1.82) is 0 Å². The molecule has 0 saturated carbocycles. The highest BCUT2D eigenvalue weighted by atomic mass is 19.4. The van der Waals surface area contributed by atoms with Crippen LogP contribution in [-0.4, -0.2) is 14.7 Å². The molecular formula is C20H13F8N5O. The van der Waals surface area contributed by atoms with E-state index in [4.69, 9.17) is 16.0 Å². The Kier molecular flexibility index (Phi) is 5.41. The van der Waals surface area contributed by atoms with E-state index < -0.39 is 53.6 Å². The minimum Gasteiger partial charge on any atom is -0.397 e. The maximum Gasteiger partial charge on any atom is 0.416 e. The molecule has 0 radical (unpaired) electrons. The van der Waals surface area contributed by atoms with Gasteiger partial charge in [0, 0.05) is 10.9 Å². The maximum atomic E-state index is 13.6. The Morgan fingerprint density at radius 3 is 2.09 bits per heavy atom. The highest BCUT2D eigenvalue weighted by molar-refractivity contribution is 5.97. The fourth-order valence-corrected chi connectivity index (χ4v) is 3.41. The molecule has 34 heavy (non-hydrogen) atoms. The lowest BCUT2D eigenvalue weighted by Gasteiger charge is -2.12. The number of hydrogen-bond donors (Lipinski definition) is 2. The van der Waals surface area contributed by atoms with Gasteiger partial charge in [0.05, 0.1) is 40.3 Å². The summed E-state index contributed by atoms with van der Waals surface area (Å²) in [4.78, 5) is 3.81. The molecule has 0 amide bonds. The number of alkyl halides is 8. The van der Waals surface area contributed by atoms with Crippen LogP contribution in [0.1, 0.15) is 29.1 Å². The van der Waals surface area contributed by atoms with Gasteiger partial charge in [-0.15, -0.1) is 0 Å². The minimum atomic E-state index is -5.07. The fourth-order valence-electron chi connectivity index (χ4n) is 3.41. The molecule has 4 rings (SSSR count). The largest absolute Gasteiger partial charge is 0.416 e. The SMILES string of the molecule is Nc1ccc2c(cc(C(F)F)n2Cc2noc(-c3cc(C(F)(F)F)cc(C(F)(F)F)c3)n2)c1N. The molecule has 0 aliphatic rings. The molecule has 4 aromatic rings. The first-order valence-electron chi connectivity index (χ1n) is 9.33. The van der Waals surface area contributed by atoms with Crippen molar-refractivity contribution >= 4 is 22.3 Å². The molecule has 2 aromatic heterocycles. The maximum absolute atomic E-state index is 13.6. The molecule has 0 fully saturated rings. The molecule has 14 heteroatoms. The van der Waals surface area contributed by atoms with Gasteiger partial charge in [-0.05, 0) is 36.4 Å². The highest BCUT2D eigenvalue weighted by Gasteiger charge is 2.37. The summed E-state index contributed by atoms with van der Waals surface area (Å²) in [5.74, 6) is -0.916. The Balaban J connectivity index is 1.77. The van der Waals surface area contributed by atoms with Crippen molar-refractivity contribution in [3.63, 3.8) is 0 Å². The van der Waals surface area contributed by atoms with Crippen LogP contribution in [0.5, 0.6) is 0 Å². The third-order valence-electron chi connectivity index (χ3n) is 5.02. The second-order valence-electron chi connectivity index (χ2n) is 7.27. The number of nitrogens with zero attached hydrogens (tertiary/aromatic N) is 3. The van der Waals surface area contributed by atoms with Gasteiger partial charge in [-0.3, -0.25) is 0 Å². The van der Waals surface area contributed by atoms with Crippen molar-refractivity contribution in [2.45, 2.75) is 25.3 Å². The lowest BCUT2D eigenvalue weighted by molar-refractivity contribution is -0.143. The summed E-state index contributed by atoms with van der Waals surface area (Å²) >= 11 is 0. The summed E-state index contributed by atoms with van der Waals surface area (Å²) < 4.78 is 112. The molecule has 0 spiro atoms. The highest BCUT2D eigenvalue weighted by Crippen LogP contribution is 2.39. The van der Waals surface area contributed by atoms with E-state index >= 15 is 0 Å². The van der Waals surface area contributed by atoms with Gasteiger partial charge in [0.2, 0.25) is 0 Å². The van der Waals surface area contributed by atoms with Crippen LogP contribution in [0.3, 0.4) is 0 Å². The van der Waals surface area contributed by atoms with Crippen molar-refractivity contribution in [2.24, 2.45) is 0 Å². The Bertz CT molecular complexity index is 1340. The molecule has 180 valence electrons. The molecule has 0 unspecified atom stereocenters. The molecule has 2 aromatic carbocycles. The number of hydrogen-bond acceptors (Lipinski definition) is 5. The normalized spacial score (nSPS) is 12.7. The Morgan fingerprint density at radius 1 is 0.912 bits per heavy atom. The third kappa shape index (κ3) is 4.22. The van der Waals surface area contributed by atoms with E-state index in [9.17, 15) is 35.1 Å². The van der Waals surface area contributed by atoms with E-state index in [-0.39, 0.29) is 34.2 Å². The van der Waals surface area contributed by atoms with Crippen molar-refractivity contribution in [2.75, 3.05) is 11.5 Å². The van der Waals surface area contributed by atoms with E-state index in [1.807, 2.05) is 0 Å². The van der Waals surface area contributed by atoms with E-state index in [1.54, 1.807) is 0 Å². The molecule has 0 saturated heterocycles. The Labute approximate surface area is 184 Å². The van der Waals surface area contributed by atoms with E-state index in [0.717, 1.165) is 10.6 Å². The van der Waals surface area contributed by atoms with Crippen LogP contribution in [0.2, 0.25) is 0 Å². The van der Waals surface area contributed by atoms with E-state index in [0.29, 0.717) is 12.1 Å². The average Bonchev–Trinajstić information content (AvgIpc) is 3.35. The number of nitrogens with two attached hydrogens (primary N) is 2. The summed E-state index contributed by atoms with van der Waals surface area (Å²) in [6.07, 6.45) is -13.1. The van der Waals surface area contributed by atoms with Gasteiger partial charge in [0.15, 0.2) is 5.82 Å². The lowest BCUT2D eigenvalue weighted by Crippen LogP contribution is -2.11. The molecular weight excluding hydrogens is 478 g/mol. The monoisotopic (exact) mass is 491 g/mol. The zero-order chi connectivity index (χ0) is 25.0. The summed E-state index contributed by atoms with van der Waals surface area (Å²) in [5, 5.41) is 3.76. The first-order chi connectivity index (χ1) is 15.8. The number of halogens is 8. The Morgan fingerprint density at radius 2 is 1.53 bits per heavy atom. The summed E-state index contributed by atoms with van der Waals surface area (Å²) in [6.45, 7) is -0.429. The number of anilines is 2. The van der Waals surface area contributed by atoms with Crippen molar-refractivity contribution in [3.05, 3.63) is 59.0 Å². The summed E-state index contributed by atoms with van der Waals surface area (Å²) in [6, 6.07) is 4.74. The van der Waals surface area contributed by atoms with Crippen LogP contribution in [0, 0.1) is 0 Å². The summed E-state index contributed by atoms with van der Waals surface area (Å²) in [7, 11) is 0. The van der Waals surface area contributed by atoms with E-state index in [1.165, 1.54) is 12.1 Å². The van der Waals surface area contributed by atoms with Crippen LogP contribution in [0.25, 0.3) is 22.4 Å². The standard InChI is InChI=1S/C20H13F8N5O/c21-17(22)14-6-11-13(2-1-12(29)16(11)30)33(14)7-15-31-18(34-32-15)8-3-9(19(23,24)25)5-10(4-8)20(26,27)28/h1-6,17H,7,29-30H2. The van der Waals surface area contributed by atoms with Crippen LogP contribution in [0.4, 0.5) is 46.5 Å². The van der Waals surface area contributed by atoms with Gasteiger partial charge in [0.1, 0.15) is 0 Å². The zero-order valence-corrected chi connectivity index (χ0v) is 16.7. The number of aromatic nitrogens is 3. The molecule has 2 heterocycles. The van der Waals surface area contributed by atoms with Crippen LogP contribution in [0.15, 0.2) is 40.9 Å². The second kappa shape index (κ2) is 7.88. The molecule has 0 atom stereocenters. The van der Waals surface area contributed by atoms with Gasteiger partial charge in [-0.2, -0.15) is 31.3 Å². The minimum absolute atomic E-state index is 0.0439. The van der Waals surface area contributed by atoms with Crippen LogP contribution >= 0.6 is 0 Å². The van der Waals surface area contributed by atoms with Gasteiger partial charge in [0.25, 0.3) is 12.3 Å². The number of rotatable bonds is 4. The first kappa shape index (κ1) is 23.3.